The summed E-state index contributed by atoms with van der Waals surface area (Å²) in [5, 5.41) is 3.87. The van der Waals surface area contributed by atoms with E-state index in [9.17, 15) is 9.59 Å². The van der Waals surface area contributed by atoms with E-state index in [1.54, 1.807) is 4.90 Å². The zero-order valence-electron chi connectivity index (χ0n) is 10.9. The Morgan fingerprint density at radius 2 is 2.05 bits per heavy atom. The van der Waals surface area contributed by atoms with Gasteiger partial charge in [-0.05, 0) is 18.9 Å². The van der Waals surface area contributed by atoms with Crippen molar-refractivity contribution >= 4 is 22.7 Å². The molecule has 0 aliphatic carbocycles. The monoisotopic (exact) mass is 269 g/mol. The van der Waals surface area contributed by atoms with E-state index in [2.05, 4.69) is 10.3 Å². The molecule has 2 aliphatic rings. The van der Waals surface area contributed by atoms with Crippen LogP contribution in [0, 0.1) is 0 Å². The van der Waals surface area contributed by atoms with Gasteiger partial charge in [0, 0.05) is 29.2 Å². The summed E-state index contributed by atoms with van der Waals surface area (Å²) in [4.78, 5) is 29.6. The lowest BCUT2D eigenvalue weighted by Crippen LogP contribution is -2.56. The van der Waals surface area contributed by atoms with Gasteiger partial charge in [0.1, 0.15) is 12.1 Å². The fourth-order valence-electron chi connectivity index (χ4n) is 3.31. The maximum atomic E-state index is 12.6. The highest BCUT2D eigenvalue weighted by Crippen LogP contribution is 2.31. The molecule has 20 heavy (non-hydrogen) atoms. The first kappa shape index (κ1) is 11.5. The summed E-state index contributed by atoms with van der Waals surface area (Å²) in [6, 6.07) is 6.99. The largest absolute Gasteiger partial charge is 0.361 e. The van der Waals surface area contributed by atoms with Gasteiger partial charge < -0.3 is 15.2 Å². The third kappa shape index (κ3) is 1.49. The number of H-pyrrole nitrogens is 1. The highest BCUT2D eigenvalue weighted by molar-refractivity contribution is 6.00. The van der Waals surface area contributed by atoms with Gasteiger partial charge in [-0.25, -0.2) is 0 Å². The number of benzene rings is 1. The minimum Gasteiger partial charge on any atom is -0.361 e. The van der Waals surface area contributed by atoms with Crippen LogP contribution in [0.4, 0.5) is 0 Å². The Bertz CT molecular complexity index is 706. The van der Waals surface area contributed by atoms with Gasteiger partial charge in [0.15, 0.2) is 0 Å². The van der Waals surface area contributed by atoms with E-state index in [0.29, 0.717) is 6.54 Å². The predicted molar refractivity (Wildman–Crippen MR) is 73.9 cm³/mol. The van der Waals surface area contributed by atoms with Gasteiger partial charge >= 0.3 is 0 Å². The molecule has 0 spiro atoms. The summed E-state index contributed by atoms with van der Waals surface area (Å²) < 4.78 is 0. The SMILES string of the molecule is O=C1N[C@@H](c2c[nH]c3ccccc23)C(=O)N2CCC[C@@H]12. The van der Waals surface area contributed by atoms with Crippen LogP contribution < -0.4 is 5.32 Å². The highest BCUT2D eigenvalue weighted by atomic mass is 16.2. The Labute approximate surface area is 115 Å². The Morgan fingerprint density at radius 3 is 2.95 bits per heavy atom. The molecule has 102 valence electrons. The van der Waals surface area contributed by atoms with Crippen LogP contribution in [0.5, 0.6) is 0 Å². The van der Waals surface area contributed by atoms with E-state index < -0.39 is 6.04 Å². The van der Waals surface area contributed by atoms with Crippen LogP contribution in [0.3, 0.4) is 0 Å². The maximum absolute atomic E-state index is 12.6. The van der Waals surface area contributed by atoms with Crippen LogP contribution in [-0.2, 0) is 9.59 Å². The molecule has 0 bridgehead atoms. The first-order valence-corrected chi connectivity index (χ1v) is 6.92. The molecule has 3 heterocycles. The van der Waals surface area contributed by atoms with E-state index in [1.807, 2.05) is 30.5 Å². The molecular formula is C15H15N3O2. The molecule has 4 rings (SSSR count). The number of nitrogens with one attached hydrogen (secondary N) is 2. The third-order valence-electron chi connectivity index (χ3n) is 4.30. The van der Waals surface area contributed by atoms with Gasteiger partial charge in [0.05, 0.1) is 0 Å². The lowest BCUT2D eigenvalue weighted by atomic mass is 10.0. The molecular weight excluding hydrogens is 254 g/mol. The van der Waals surface area contributed by atoms with Crippen molar-refractivity contribution in [1.29, 1.82) is 0 Å². The topological polar surface area (TPSA) is 65.2 Å². The van der Waals surface area contributed by atoms with Gasteiger partial charge in [-0.1, -0.05) is 18.2 Å². The molecule has 2 aromatic rings. The average Bonchev–Trinajstić information content (AvgIpc) is 3.09. The fourth-order valence-corrected chi connectivity index (χ4v) is 3.31. The van der Waals surface area contributed by atoms with Crippen molar-refractivity contribution in [3.63, 3.8) is 0 Å². The van der Waals surface area contributed by atoms with E-state index in [1.165, 1.54) is 0 Å². The number of fused-ring (bicyclic) bond motifs is 2. The molecule has 5 heteroatoms. The number of aromatic amines is 1. The van der Waals surface area contributed by atoms with Gasteiger partial charge in [0.2, 0.25) is 5.91 Å². The summed E-state index contributed by atoms with van der Waals surface area (Å²) in [7, 11) is 0. The van der Waals surface area contributed by atoms with Crippen LogP contribution in [-0.4, -0.2) is 34.3 Å². The van der Waals surface area contributed by atoms with Crippen molar-refractivity contribution in [2.75, 3.05) is 6.54 Å². The molecule has 0 radical (unpaired) electrons. The zero-order valence-corrected chi connectivity index (χ0v) is 10.9. The first-order chi connectivity index (χ1) is 9.75. The molecule has 2 saturated heterocycles. The van der Waals surface area contributed by atoms with Crippen LogP contribution in [0.15, 0.2) is 30.5 Å². The standard InChI is InChI=1S/C15H15N3O2/c19-14-12-6-3-7-18(12)15(20)13(17-14)10-8-16-11-5-2-1-4-9(10)11/h1-2,4-5,8,12-13,16H,3,6-7H2,(H,17,19)/t12-,13-/m0/s1. The van der Waals surface area contributed by atoms with Crippen molar-refractivity contribution in [2.24, 2.45) is 0 Å². The molecule has 0 unspecified atom stereocenters. The van der Waals surface area contributed by atoms with Crippen molar-refractivity contribution in [3.05, 3.63) is 36.0 Å². The van der Waals surface area contributed by atoms with Crippen molar-refractivity contribution in [2.45, 2.75) is 24.9 Å². The number of amides is 2. The molecule has 2 amide bonds. The van der Waals surface area contributed by atoms with Crippen LogP contribution >= 0.6 is 0 Å². The van der Waals surface area contributed by atoms with Crippen molar-refractivity contribution in [3.8, 4) is 0 Å². The number of rotatable bonds is 1. The Balaban J connectivity index is 1.78. The van der Waals surface area contributed by atoms with Gasteiger partial charge in [-0.3, -0.25) is 9.59 Å². The molecule has 2 atom stereocenters. The number of para-hydroxylation sites is 1. The van der Waals surface area contributed by atoms with Crippen LogP contribution in [0.1, 0.15) is 24.4 Å². The number of carbonyl (C=O) groups excluding carboxylic acids is 2. The number of carbonyl (C=O) groups is 2. The second-order valence-corrected chi connectivity index (χ2v) is 5.42. The van der Waals surface area contributed by atoms with E-state index in [0.717, 1.165) is 29.3 Å². The van der Waals surface area contributed by atoms with E-state index >= 15 is 0 Å². The number of hydrogen-bond acceptors (Lipinski definition) is 2. The van der Waals surface area contributed by atoms with Crippen LogP contribution in [0.25, 0.3) is 10.9 Å². The number of aromatic nitrogens is 1. The lowest BCUT2D eigenvalue weighted by molar-refractivity contribution is -0.147. The minimum atomic E-state index is -0.562. The highest BCUT2D eigenvalue weighted by Gasteiger charge is 2.43. The molecule has 2 N–H and O–H groups in total. The van der Waals surface area contributed by atoms with Gasteiger partial charge in [-0.15, -0.1) is 0 Å². The molecule has 2 aliphatic heterocycles. The molecule has 5 nitrogen and oxygen atoms in total. The second-order valence-electron chi connectivity index (χ2n) is 5.42. The summed E-state index contributed by atoms with van der Waals surface area (Å²) in [5.41, 5.74) is 1.83. The predicted octanol–water partition coefficient (Wildman–Crippen LogP) is 1.33. The second kappa shape index (κ2) is 4.10. The number of hydrogen-bond donors (Lipinski definition) is 2. The zero-order chi connectivity index (χ0) is 13.7. The lowest BCUT2D eigenvalue weighted by Gasteiger charge is -2.34. The van der Waals surface area contributed by atoms with Crippen LogP contribution in [0.2, 0.25) is 0 Å². The quantitative estimate of drug-likeness (QED) is 0.820. The first-order valence-electron chi connectivity index (χ1n) is 6.92. The van der Waals surface area contributed by atoms with Gasteiger partial charge in [0.25, 0.3) is 5.91 Å². The molecule has 1 aromatic carbocycles. The summed E-state index contributed by atoms with van der Waals surface area (Å²) in [6.07, 6.45) is 3.51. The number of piperazine rings is 1. The van der Waals surface area contributed by atoms with Crippen molar-refractivity contribution < 1.29 is 9.59 Å². The third-order valence-corrected chi connectivity index (χ3v) is 4.30. The Hall–Kier alpha value is -2.30. The maximum Gasteiger partial charge on any atom is 0.250 e. The number of nitrogens with zero attached hydrogens (tertiary/aromatic N) is 1. The Kier molecular flexibility index (Phi) is 2.36. The van der Waals surface area contributed by atoms with Crippen molar-refractivity contribution in [1.82, 2.24) is 15.2 Å². The Morgan fingerprint density at radius 1 is 1.20 bits per heavy atom. The molecule has 2 fully saturated rings. The fraction of sp³-hybridized carbons (Fsp3) is 0.333. The summed E-state index contributed by atoms with van der Waals surface area (Å²) >= 11 is 0. The van der Waals surface area contributed by atoms with E-state index in [4.69, 9.17) is 0 Å². The summed E-state index contributed by atoms with van der Waals surface area (Å²) in [5.74, 6) is -0.0192. The average molecular weight is 269 g/mol. The van der Waals surface area contributed by atoms with Gasteiger partial charge in [-0.2, -0.15) is 0 Å². The summed E-state index contributed by atoms with van der Waals surface area (Å²) in [6.45, 7) is 0.690. The minimum absolute atomic E-state index is 0.0110. The molecule has 1 aromatic heterocycles. The van der Waals surface area contributed by atoms with E-state index in [-0.39, 0.29) is 17.9 Å². The smallest absolute Gasteiger partial charge is 0.250 e. The molecule has 0 saturated carbocycles. The normalized spacial score (nSPS) is 25.9.